The topological polar surface area (TPSA) is 45.2 Å². The zero-order valence-electron chi connectivity index (χ0n) is 12.4. The number of aliphatic hydroxyl groups is 1. The van der Waals surface area contributed by atoms with Gasteiger partial charge in [0.25, 0.3) is 0 Å². The molecule has 0 bridgehead atoms. The number of aryl methyl sites for hydroxylation is 2. The lowest BCUT2D eigenvalue weighted by atomic mass is 9.94. The molecule has 0 amide bonds. The number of thiazole rings is 1. The Bertz CT molecular complexity index is 385. The fourth-order valence-electron chi connectivity index (χ4n) is 2.37. The van der Waals surface area contributed by atoms with Gasteiger partial charge in [0.15, 0.2) is 0 Å². The van der Waals surface area contributed by atoms with E-state index in [1.165, 1.54) is 4.88 Å². The van der Waals surface area contributed by atoms with Crippen LogP contribution in [0.1, 0.15) is 55.7 Å². The van der Waals surface area contributed by atoms with E-state index < -0.39 is 5.60 Å². The lowest BCUT2D eigenvalue weighted by Crippen LogP contribution is -2.39. The van der Waals surface area contributed by atoms with Crippen LogP contribution in [0.15, 0.2) is 0 Å². The Kier molecular flexibility index (Phi) is 5.32. The van der Waals surface area contributed by atoms with Crippen molar-refractivity contribution >= 4 is 11.3 Å². The second-order valence-electron chi connectivity index (χ2n) is 5.88. The highest BCUT2D eigenvalue weighted by Crippen LogP contribution is 2.25. The molecule has 4 heteroatoms. The molecular formula is C14H26N2OS. The molecule has 18 heavy (non-hydrogen) atoms. The van der Waals surface area contributed by atoms with Gasteiger partial charge in [0.05, 0.1) is 16.3 Å². The van der Waals surface area contributed by atoms with Crippen molar-refractivity contribution in [1.82, 2.24) is 10.3 Å². The molecule has 0 fully saturated rings. The molecule has 0 saturated carbocycles. The molecule has 0 radical (unpaired) electrons. The van der Waals surface area contributed by atoms with E-state index in [0.29, 0.717) is 12.5 Å². The number of nitrogens with one attached hydrogen (secondary N) is 1. The second kappa shape index (κ2) is 6.13. The van der Waals surface area contributed by atoms with Crippen LogP contribution in [-0.2, 0) is 0 Å². The Hall–Kier alpha value is -0.450. The predicted molar refractivity (Wildman–Crippen MR) is 78.1 cm³/mol. The van der Waals surface area contributed by atoms with Crippen LogP contribution in [0.25, 0.3) is 0 Å². The molecule has 1 heterocycles. The molecule has 1 rings (SSSR count). The molecule has 104 valence electrons. The standard InChI is InChI=1S/C14H26N2OS/c1-9(2)7-14(6,17)8-15-10(3)13-11(4)16-12(5)18-13/h9-10,15,17H,7-8H2,1-6H3. The quantitative estimate of drug-likeness (QED) is 0.834. The molecule has 0 aromatic carbocycles. The van der Waals surface area contributed by atoms with Crippen molar-refractivity contribution in [2.45, 2.75) is 59.6 Å². The van der Waals surface area contributed by atoms with Gasteiger partial charge in [-0.3, -0.25) is 0 Å². The Morgan fingerprint density at radius 1 is 1.33 bits per heavy atom. The maximum atomic E-state index is 10.3. The zero-order valence-corrected chi connectivity index (χ0v) is 13.2. The zero-order chi connectivity index (χ0) is 13.9. The Labute approximate surface area is 115 Å². The van der Waals surface area contributed by atoms with Gasteiger partial charge in [0.2, 0.25) is 0 Å². The Balaban J connectivity index is 2.55. The number of hydrogen-bond acceptors (Lipinski definition) is 4. The van der Waals surface area contributed by atoms with Crippen molar-refractivity contribution in [3.63, 3.8) is 0 Å². The van der Waals surface area contributed by atoms with E-state index >= 15 is 0 Å². The van der Waals surface area contributed by atoms with E-state index in [1.807, 2.05) is 20.8 Å². The first kappa shape index (κ1) is 15.6. The monoisotopic (exact) mass is 270 g/mol. The van der Waals surface area contributed by atoms with Crippen molar-refractivity contribution in [3.05, 3.63) is 15.6 Å². The van der Waals surface area contributed by atoms with Crippen molar-refractivity contribution in [2.75, 3.05) is 6.54 Å². The average Bonchev–Trinajstić information content (AvgIpc) is 2.52. The van der Waals surface area contributed by atoms with E-state index in [2.05, 4.69) is 31.1 Å². The van der Waals surface area contributed by atoms with Gasteiger partial charge in [-0.2, -0.15) is 0 Å². The minimum absolute atomic E-state index is 0.245. The normalized spacial score (nSPS) is 16.9. The summed E-state index contributed by atoms with van der Waals surface area (Å²) in [6.45, 7) is 13.0. The molecule has 3 nitrogen and oxygen atoms in total. The molecule has 1 aromatic heterocycles. The first-order valence-corrected chi connectivity index (χ1v) is 7.42. The second-order valence-corrected chi connectivity index (χ2v) is 7.11. The smallest absolute Gasteiger partial charge is 0.0900 e. The van der Waals surface area contributed by atoms with Gasteiger partial charge in [-0.1, -0.05) is 13.8 Å². The van der Waals surface area contributed by atoms with Crippen LogP contribution in [-0.4, -0.2) is 22.2 Å². The highest BCUT2D eigenvalue weighted by molar-refractivity contribution is 7.11. The van der Waals surface area contributed by atoms with E-state index in [9.17, 15) is 5.11 Å². The van der Waals surface area contributed by atoms with E-state index in [1.54, 1.807) is 11.3 Å². The molecule has 1 aromatic rings. The van der Waals surface area contributed by atoms with Crippen molar-refractivity contribution in [3.8, 4) is 0 Å². The first-order valence-electron chi connectivity index (χ1n) is 6.61. The maximum Gasteiger partial charge on any atom is 0.0900 e. The Morgan fingerprint density at radius 3 is 2.39 bits per heavy atom. The van der Waals surface area contributed by atoms with Crippen LogP contribution in [0.4, 0.5) is 0 Å². The summed E-state index contributed by atoms with van der Waals surface area (Å²) in [5.41, 5.74) is 0.455. The van der Waals surface area contributed by atoms with Gasteiger partial charge in [-0.15, -0.1) is 11.3 Å². The van der Waals surface area contributed by atoms with E-state index in [4.69, 9.17) is 0 Å². The van der Waals surface area contributed by atoms with Gasteiger partial charge in [-0.05, 0) is 40.0 Å². The van der Waals surface area contributed by atoms with Gasteiger partial charge in [0.1, 0.15) is 0 Å². The van der Waals surface area contributed by atoms with E-state index in [-0.39, 0.29) is 6.04 Å². The molecule has 0 aliphatic rings. The lowest BCUT2D eigenvalue weighted by Gasteiger charge is -2.27. The molecule has 0 aliphatic heterocycles. The minimum Gasteiger partial charge on any atom is -0.389 e. The molecule has 2 atom stereocenters. The molecule has 0 spiro atoms. The summed E-state index contributed by atoms with van der Waals surface area (Å²) in [6, 6.07) is 0.245. The molecule has 2 unspecified atom stereocenters. The number of rotatable bonds is 6. The molecule has 2 N–H and O–H groups in total. The van der Waals surface area contributed by atoms with Crippen molar-refractivity contribution < 1.29 is 5.11 Å². The summed E-state index contributed by atoms with van der Waals surface area (Å²) in [4.78, 5) is 5.71. The summed E-state index contributed by atoms with van der Waals surface area (Å²) >= 11 is 1.73. The fourth-order valence-corrected chi connectivity index (χ4v) is 3.32. The summed E-state index contributed by atoms with van der Waals surface area (Å²) in [5, 5.41) is 14.8. The summed E-state index contributed by atoms with van der Waals surface area (Å²) in [5.74, 6) is 0.504. The van der Waals surface area contributed by atoms with Crippen LogP contribution in [0.5, 0.6) is 0 Å². The third-order valence-corrected chi connectivity index (χ3v) is 4.23. The minimum atomic E-state index is -0.643. The van der Waals surface area contributed by atoms with Crippen LogP contribution in [0, 0.1) is 19.8 Å². The van der Waals surface area contributed by atoms with Crippen LogP contribution in [0.3, 0.4) is 0 Å². The number of nitrogens with zero attached hydrogens (tertiary/aromatic N) is 1. The average molecular weight is 270 g/mol. The molecule has 0 aliphatic carbocycles. The van der Waals surface area contributed by atoms with Gasteiger partial charge >= 0.3 is 0 Å². The van der Waals surface area contributed by atoms with Crippen molar-refractivity contribution in [2.24, 2.45) is 5.92 Å². The van der Waals surface area contributed by atoms with Crippen LogP contribution in [0.2, 0.25) is 0 Å². The third-order valence-electron chi connectivity index (χ3n) is 2.97. The largest absolute Gasteiger partial charge is 0.389 e. The fraction of sp³-hybridized carbons (Fsp3) is 0.786. The van der Waals surface area contributed by atoms with Crippen LogP contribution < -0.4 is 5.32 Å². The van der Waals surface area contributed by atoms with Crippen LogP contribution >= 0.6 is 11.3 Å². The molecule has 0 saturated heterocycles. The SMILES string of the molecule is Cc1nc(C)c(C(C)NCC(C)(O)CC(C)C)s1. The van der Waals surface area contributed by atoms with E-state index in [0.717, 1.165) is 17.1 Å². The maximum absolute atomic E-state index is 10.3. The van der Waals surface area contributed by atoms with Crippen molar-refractivity contribution in [1.29, 1.82) is 0 Å². The first-order chi connectivity index (χ1) is 8.21. The van der Waals surface area contributed by atoms with Gasteiger partial charge in [0, 0.05) is 17.5 Å². The third kappa shape index (κ3) is 4.67. The molecular weight excluding hydrogens is 244 g/mol. The highest BCUT2D eigenvalue weighted by atomic mass is 32.1. The highest BCUT2D eigenvalue weighted by Gasteiger charge is 2.23. The number of hydrogen-bond donors (Lipinski definition) is 2. The number of aromatic nitrogens is 1. The summed E-state index contributed by atoms with van der Waals surface area (Å²) in [7, 11) is 0. The summed E-state index contributed by atoms with van der Waals surface area (Å²) < 4.78 is 0. The lowest BCUT2D eigenvalue weighted by molar-refractivity contribution is 0.0364. The summed E-state index contributed by atoms with van der Waals surface area (Å²) in [6.07, 6.45) is 0.813. The van der Waals surface area contributed by atoms with Gasteiger partial charge < -0.3 is 10.4 Å². The Morgan fingerprint density at radius 2 is 1.94 bits per heavy atom. The predicted octanol–water partition coefficient (Wildman–Crippen LogP) is 3.21. The van der Waals surface area contributed by atoms with Gasteiger partial charge in [-0.25, -0.2) is 4.98 Å².